The van der Waals surface area contributed by atoms with E-state index in [1.165, 1.54) is 15.8 Å². The molecule has 1 aromatic heterocycles. The Morgan fingerprint density at radius 2 is 1.84 bits per heavy atom. The number of benzene rings is 2. The van der Waals surface area contributed by atoms with Gasteiger partial charge in [0, 0.05) is 16.1 Å². The Hall–Kier alpha value is -1.38. The SMILES string of the molecule is Cc1ccc(-c2c(C)ccc3sc(C)nc23)c(Cl)c1. The lowest BCUT2D eigenvalue weighted by Crippen LogP contribution is -1.87. The molecule has 19 heavy (non-hydrogen) atoms. The van der Waals surface area contributed by atoms with E-state index >= 15 is 0 Å². The van der Waals surface area contributed by atoms with E-state index < -0.39 is 0 Å². The quantitative estimate of drug-likeness (QED) is 0.572. The van der Waals surface area contributed by atoms with Gasteiger partial charge in [-0.2, -0.15) is 0 Å². The van der Waals surface area contributed by atoms with Gasteiger partial charge in [-0.05, 0) is 44.0 Å². The smallest absolute Gasteiger partial charge is 0.0908 e. The van der Waals surface area contributed by atoms with Gasteiger partial charge in [0.25, 0.3) is 0 Å². The number of aryl methyl sites for hydroxylation is 3. The number of rotatable bonds is 1. The predicted molar refractivity (Wildman–Crippen MR) is 84.3 cm³/mol. The van der Waals surface area contributed by atoms with Crippen molar-refractivity contribution < 1.29 is 0 Å². The van der Waals surface area contributed by atoms with Gasteiger partial charge in [0.15, 0.2) is 0 Å². The second-order valence-electron chi connectivity index (χ2n) is 4.82. The normalized spacial score (nSPS) is 11.2. The summed E-state index contributed by atoms with van der Waals surface area (Å²) in [6, 6.07) is 10.5. The first-order valence-corrected chi connectivity index (χ1v) is 7.39. The molecule has 0 saturated heterocycles. The zero-order valence-corrected chi connectivity index (χ0v) is 12.7. The highest BCUT2D eigenvalue weighted by Crippen LogP contribution is 2.37. The topological polar surface area (TPSA) is 12.9 Å². The second kappa shape index (κ2) is 4.62. The maximum atomic E-state index is 6.42. The van der Waals surface area contributed by atoms with Crippen molar-refractivity contribution in [3.8, 4) is 11.1 Å². The molecule has 0 atom stereocenters. The minimum atomic E-state index is 0.793. The Bertz CT molecular complexity index is 774. The molecule has 0 amide bonds. The summed E-state index contributed by atoms with van der Waals surface area (Å²) in [5.41, 5.74) is 5.68. The molecular formula is C16H14ClNS. The number of thiazole rings is 1. The van der Waals surface area contributed by atoms with Crippen molar-refractivity contribution in [1.29, 1.82) is 0 Å². The van der Waals surface area contributed by atoms with E-state index in [4.69, 9.17) is 11.6 Å². The Kier molecular flexibility index (Phi) is 3.08. The van der Waals surface area contributed by atoms with Gasteiger partial charge >= 0.3 is 0 Å². The molecule has 0 radical (unpaired) electrons. The van der Waals surface area contributed by atoms with E-state index in [-0.39, 0.29) is 0 Å². The summed E-state index contributed by atoms with van der Waals surface area (Å²) in [5.74, 6) is 0. The van der Waals surface area contributed by atoms with E-state index in [9.17, 15) is 0 Å². The molecule has 0 unspecified atom stereocenters. The first kappa shape index (κ1) is 12.6. The van der Waals surface area contributed by atoms with Crippen LogP contribution in [-0.2, 0) is 0 Å². The molecule has 0 saturated carbocycles. The lowest BCUT2D eigenvalue weighted by Gasteiger charge is -2.09. The Balaban J connectivity index is 2.37. The van der Waals surface area contributed by atoms with Crippen LogP contribution < -0.4 is 0 Å². The van der Waals surface area contributed by atoms with Crippen molar-refractivity contribution in [2.75, 3.05) is 0 Å². The summed E-state index contributed by atoms with van der Waals surface area (Å²) in [7, 11) is 0. The standard InChI is InChI=1S/C16H14ClNS/c1-9-4-6-12(13(17)8-9)15-10(2)5-7-14-16(15)18-11(3)19-14/h4-8H,1-3H3. The highest BCUT2D eigenvalue weighted by molar-refractivity contribution is 7.18. The van der Waals surface area contributed by atoms with Gasteiger partial charge in [0.1, 0.15) is 0 Å². The van der Waals surface area contributed by atoms with Crippen molar-refractivity contribution in [3.05, 3.63) is 51.5 Å². The Labute approximate surface area is 121 Å². The highest BCUT2D eigenvalue weighted by Gasteiger charge is 2.13. The Morgan fingerprint density at radius 1 is 1.05 bits per heavy atom. The molecule has 0 N–H and O–H groups in total. The van der Waals surface area contributed by atoms with Crippen molar-refractivity contribution >= 4 is 33.2 Å². The number of halogens is 1. The van der Waals surface area contributed by atoms with Crippen LogP contribution in [0.3, 0.4) is 0 Å². The molecule has 0 aliphatic rings. The van der Waals surface area contributed by atoms with Crippen LogP contribution in [0, 0.1) is 20.8 Å². The summed E-state index contributed by atoms with van der Waals surface area (Å²) in [5, 5.41) is 1.88. The number of hydrogen-bond acceptors (Lipinski definition) is 2. The van der Waals surface area contributed by atoms with Gasteiger partial charge in [-0.1, -0.05) is 29.8 Å². The highest BCUT2D eigenvalue weighted by atomic mass is 35.5. The second-order valence-corrected chi connectivity index (χ2v) is 6.46. The summed E-state index contributed by atoms with van der Waals surface area (Å²) in [4.78, 5) is 4.67. The lowest BCUT2D eigenvalue weighted by molar-refractivity contribution is 1.34. The molecule has 96 valence electrons. The van der Waals surface area contributed by atoms with Crippen LogP contribution in [0.4, 0.5) is 0 Å². The van der Waals surface area contributed by atoms with E-state index in [1.54, 1.807) is 11.3 Å². The van der Waals surface area contributed by atoms with E-state index in [0.29, 0.717) is 0 Å². The maximum absolute atomic E-state index is 6.42. The van der Waals surface area contributed by atoms with Crippen LogP contribution in [0.25, 0.3) is 21.3 Å². The monoisotopic (exact) mass is 287 g/mol. The summed E-state index contributed by atoms with van der Waals surface area (Å²) >= 11 is 8.14. The fraction of sp³-hybridized carbons (Fsp3) is 0.188. The van der Waals surface area contributed by atoms with Gasteiger partial charge in [0.05, 0.1) is 15.2 Å². The number of hydrogen-bond donors (Lipinski definition) is 0. The third-order valence-electron chi connectivity index (χ3n) is 3.27. The van der Waals surface area contributed by atoms with Crippen LogP contribution in [0.5, 0.6) is 0 Å². The van der Waals surface area contributed by atoms with Crippen molar-refractivity contribution in [2.45, 2.75) is 20.8 Å². The largest absolute Gasteiger partial charge is 0.241 e. The van der Waals surface area contributed by atoms with E-state index in [0.717, 1.165) is 26.7 Å². The molecule has 0 bridgehead atoms. The van der Waals surface area contributed by atoms with Crippen molar-refractivity contribution in [3.63, 3.8) is 0 Å². The van der Waals surface area contributed by atoms with Crippen molar-refractivity contribution in [2.24, 2.45) is 0 Å². The van der Waals surface area contributed by atoms with Gasteiger partial charge < -0.3 is 0 Å². The first-order chi connectivity index (χ1) is 9.06. The fourth-order valence-corrected chi connectivity index (χ4v) is 3.53. The van der Waals surface area contributed by atoms with Crippen LogP contribution >= 0.6 is 22.9 Å². The minimum absolute atomic E-state index is 0.793. The average Bonchev–Trinajstić information content (AvgIpc) is 2.71. The number of fused-ring (bicyclic) bond motifs is 1. The number of nitrogens with zero attached hydrogens (tertiary/aromatic N) is 1. The predicted octanol–water partition coefficient (Wildman–Crippen LogP) is 5.54. The molecule has 0 spiro atoms. The summed E-state index contributed by atoms with van der Waals surface area (Å²) < 4.78 is 1.22. The molecule has 3 rings (SSSR count). The van der Waals surface area contributed by atoms with Gasteiger partial charge in [-0.25, -0.2) is 4.98 Å². The van der Waals surface area contributed by atoms with Crippen LogP contribution in [0.1, 0.15) is 16.1 Å². The molecule has 1 heterocycles. The first-order valence-electron chi connectivity index (χ1n) is 6.19. The van der Waals surface area contributed by atoms with Gasteiger partial charge in [0.2, 0.25) is 0 Å². The van der Waals surface area contributed by atoms with Crippen molar-refractivity contribution in [1.82, 2.24) is 4.98 Å². The zero-order chi connectivity index (χ0) is 13.6. The zero-order valence-electron chi connectivity index (χ0n) is 11.1. The molecule has 2 aromatic carbocycles. The number of aromatic nitrogens is 1. The third-order valence-corrected chi connectivity index (χ3v) is 4.52. The lowest BCUT2D eigenvalue weighted by atomic mass is 9.98. The maximum Gasteiger partial charge on any atom is 0.0908 e. The van der Waals surface area contributed by atoms with Crippen LogP contribution in [0.2, 0.25) is 5.02 Å². The molecule has 3 aromatic rings. The van der Waals surface area contributed by atoms with Crippen LogP contribution in [0.15, 0.2) is 30.3 Å². The van der Waals surface area contributed by atoms with E-state index in [2.05, 4.69) is 43.1 Å². The van der Waals surface area contributed by atoms with Crippen LogP contribution in [-0.4, -0.2) is 4.98 Å². The Morgan fingerprint density at radius 3 is 2.58 bits per heavy atom. The molecule has 0 aliphatic heterocycles. The molecule has 0 aliphatic carbocycles. The minimum Gasteiger partial charge on any atom is -0.241 e. The summed E-state index contributed by atoms with van der Waals surface area (Å²) in [6.07, 6.45) is 0. The summed E-state index contributed by atoms with van der Waals surface area (Å²) in [6.45, 7) is 6.20. The molecule has 0 fully saturated rings. The molecule has 1 nitrogen and oxygen atoms in total. The fourth-order valence-electron chi connectivity index (χ4n) is 2.37. The average molecular weight is 288 g/mol. The third kappa shape index (κ3) is 2.15. The van der Waals surface area contributed by atoms with E-state index in [1.807, 2.05) is 13.0 Å². The molecular weight excluding hydrogens is 274 g/mol. The van der Waals surface area contributed by atoms with Gasteiger partial charge in [-0.3, -0.25) is 0 Å². The molecule has 3 heteroatoms. The van der Waals surface area contributed by atoms with Gasteiger partial charge in [-0.15, -0.1) is 11.3 Å².